The van der Waals surface area contributed by atoms with Gasteiger partial charge in [-0.25, -0.2) is 4.39 Å². The van der Waals surface area contributed by atoms with E-state index in [0.717, 1.165) is 0 Å². The number of hydrogen-bond acceptors (Lipinski definition) is 1. The highest BCUT2D eigenvalue weighted by molar-refractivity contribution is 5.85. The smallest absolute Gasteiger partial charge is 0.366 e. The largest absolute Gasteiger partial charge is 0.378 e. The van der Waals surface area contributed by atoms with Crippen LogP contribution in [-0.2, 0) is 4.79 Å². The summed E-state index contributed by atoms with van der Waals surface area (Å²) in [5.74, 6) is -18.4. The maximum absolute atomic E-state index is 12.6. The summed E-state index contributed by atoms with van der Waals surface area (Å²) in [7, 11) is 0. The maximum Gasteiger partial charge on any atom is 0.378 e. The Balaban J connectivity index is 5.21. The van der Waals surface area contributed by atoms with Gasteiger partial charge in [0.05, 0.1) is 0 Å². The molecule has 1 amide bonds. The number of primary amides is 1. The quantitative estimate of drug-likeness (QED) is 0.590. The number of halogens is 7. The summed E-state index contributed by atoms with van der Waals surface area (Å²) < 4.78 is 86.0. The Bertz CT molecular complexity index is 299. The van der Waals surface area contributed by atoms with Crippen LogP contribution in [0.3, 0.4) is 0 Å². The zero-order valence-electron chi connectivity index (χ0n) is 7.49. The van der Waals surface area contributed by atoms with E-state index in [4.69, 9.17) is 0 Å². The van der Waals surface area contributed by atoms with Crippen molar-refractivity contribution in [3.63, 3.8) is 0 Å². The zero-order chi connectivity index (χ0) is 13.2. The fraction of sp³-hybridized carbons (Fsp3) is 0.571. The Labute approximate surface area is 84.9 Å². The minimum atomic E-state index is -5.96. The molecular weight excluding hydrogens is 247 g/mol. The van der Waals surface area contributed by atoms with Crippen molar-refractivity contribution in [2.75, 3.05) is 6.67 Å². The predicted octanol–water partition coefficient (Wildman–Crippen LogP) is 1.90. The van der Waals surface area contributed by atoms with Crippen molar-refractivity contribution in [3.8, 4) is 0 Å². The molecule has 0 aliphatic carbocycles. The van der Waals surface area contributed by atoms with Gasteiger partial charge in [0, 0.05) is 6.08 Å². The van der Waals surface area contributed by atoms with E-state index in [-0.39, 0.29) is 6.08 Å². The molecule has 0 atom stereocenters. The Morgan fingerprint density at radius 3 is 1.88 bits per heavy atom. The lowest BCUT2D eigenvalue weighted by Crippen LogP contribution is -2.54. The molecule has 0 fully saturated rings. The molecule has 2 nitrogen and oxygen atoms in total. The van der Waals surface area contributed by atoms with Crippen LogP contribution in [0.2, 0.25) is 0 Å². The highest BCUT2D eigenvalue weighted by Gasteiger charge is 2.70. The van der Waals surface area contributed by atoms with E-state index in [0.29, 0.717) is 0 Å². The Hall–Kier alpha value is -1.28. The summed E-state index contributed by atoms with van der Waals surface area (Å²) >= 11 is 0. The molecule has 0 radical (unpaired) electrons. The van der Waals surface area contributed by atoms with Gasteiger partial charge < -0.3 is 5.73 Å². The molecule has 2 N–H and O–H groups in total. The van der Waals surface area contributed by atoms with Gasteiger partial charge >= 0.3 is 17.8 Å². The number of rotatable bonds is 5. The van der Waals surface area contributed by atoms with E-state index < -0.39 is 36.4 Å². The van der Waals surface area contributed by atoms with Crippen molar-refractivity contribution < 1.29 is 35.5 Å². The van der Waals surface area contributed by atoms with E-state index in [1.165, 1.54) is 0 Å². The second kappa shape index (κ2) is 4.30. The molecule has 9 heteroatoms. The molecule has 0 saturated carbocycles. The molecule has 0 aliphatic rings. The summed E-state index contributed by atoms with van der Waals surface area (Å²) in [6.07, 6.45) is -0.999. The van der Waals surface area contributed by atoms with Crippen LogP contribution in [0.15, 0.2) is 12.2 Å². The number of allylic oxidation sites excluding steroid dienone is 1. The molecule has 0 heterocycles. The normalized spacial score (nSPS) is 14.4. The zero-order valence-corrected chi connectivity index (χ0v) is 7.49. The van der Waals surface area contributed by atoms with Crippen molar-refractivity contribution in [3.05, 3.63) is 12.2 Å². The van der Waals surface area contributed by atoms with E-state index in [1.807, 2.05) is 0 Å². The van der Waals surface area contributed by atoms with Crippen molar-refractivity contribution in [1.29, 1.82) is 0 Å². The van der Waals surface area contributed by atoms with E-state index in [9.17, 15) is 35.5 Å². The van der Waals surface area contributed by atoms with Crippen LogP contribution in [-0.4, -0.2) is 30.3 Å². The number of hydrogen-bond donors (Lipinski definition) is 1. The van der Waals surface area contributed by atoms with Crippen LogP contribution >= 0.6 is 0 Å². The molecule has 0 spiro atoms. The van der Waals surface area contributed by atoms with Crippen molar-refractivity contribution in [2.45, 2.75) is 17.8 Å². The van der Waals surface area contributed by atoms with E-state index >= 15 is 0 Å². The van der Waals surface area contributed by atoms with Gasteiger partial charge in [-0.3, -0.25) is 4.79 Å². The Morgan fingerprint density at radius 1 is 1.12 bits per heavy atom. The first kappa shape index (κ1) is 14.7. The molecule has 0 rings (SSSR count). The number of carbonyl (C=O) groups is 1. The van der Waals surface area contributed by atoms with Gasteiger partial charge in [-0.05, 0) is 6.08 Å². The summed E-state index contributed by atoms with van der Waals surface area (Å²) in [5, 5.41) is 0. The first-order valence-corrected chi connectivity index (χ1v) is 3.66. The van der Waals surface area contributed by atoms with E-state index in [2.05, 4.69) is 5.73 Å². The van der Waals surface area contributed by atoms with Gasteiger partial charge in [0.25, 0.3) is 0 Å². The minimum absolute atomic E-state index is 0.206. The van der Waals surface area contributed by atoms with Gasteiger partial charge in [-0.2, -0.15) is 26.3 Å². The van der Waals surface area contributed by atoms with Crippen LogP contribution in [0.25, 0.3) is 0 Å². The molecule has 0 aliphatic heterocycles. The molecule has 0 aromatic heterocycles. The van der Waals surface area contributed by atoms with Crippen LogP contribution < -0.4 is 5.73 Å². The van der Waals surface area contributed by atoms with Crippen LogP contribution in [0.5, 0.6) is 0 Å². The SMILES string of the molecule is NC(=O)C=CC(F)(F)C(F)(F)C(F)(F)CF. The van der Waals surface area contributed by atoms with Gasteiger partial charge in [-0.15, -0.1) is 0 Å². The lowest BCUT2D eigenvalue weighted by Gasteiger charge is -2.29. The van der Waals surface area contributed by atoms with Crippen LogP contribution in [0, 0.1) is 0 Å². The van der Waals surface area contributed by atoms with Crippen LogP contribution in [0.4, 0.5) is 30.7 Å². The summed E-state index contributed by atoms with van der Waals surface area (Å²) in [4.78, 5) is 9.99. The van der Waals surface area contributed by atoms with E-state index in [1.54, 1.807) is 0 Å². The summed E-state index contributed by atoms with van der Waals surface area (Å²) in [6.45, 7) is -2.96. The molecular formula is C7H6F7NO. The lowest BCUT2D eigenvalue weighted by molar-refractivity contribution is -0.295. The Kier molecular flexibility index (Phi) is 3.96. The molecule has 0 aromatic carbocycles. The average molecular weight is 253 g/mol. The van der Waals surface area contributed by atoms with Gasteiger partial charge in [0.1, 0.15) is 0 Å². The fourth-order valence-electron chi connectivity index (χ4n) is 0.619. The highest BCUT2D eigenvalue weighted by atomic mass is 19.3. The minimum Gasteiger partial charge on any atom is -0.366 e. The summed E-state index contributed by atoms with van der Waals surface area (Å²) in [5.41, 5.74) is 4.32. The van der Waals surface area contributed by atoms with Crippen molar-refractivity contribution >= 4 is 5.91 Å². The van der Waals surface area contributed by atoms with Gasteiger partial charge in [0.15, 0.2) is 6.67 Å². The third-order valence-corrected chi connectivity index (χ3v) is 1.50. The number of nitrogens with two attached hydrogens (primary N) is 1. The summed E-state index contributed by atoms with van der Waals surface area (Å²) in [6, 6.07) is 0. The molecule has 0 aromatic rings. The number of amides is 1. The number of alkyl halides is 7. The highest BCUT2D eigenvalue weighted by Crippen LogP contribution is 2.46. The van der Waals surface area contributed by atoms with Crippen molar-refractivity contribution in [2.24, 2.45) is 5.73 Å². The predicted molar refractivity (Wildman–Crippen MR) is 39.2 cm³/mol. The molecule has 94 valence electrons. The second-order valence-corrected chi connectivity index (χ2v) is 2.77. The van der Waals surface area contributed by atoms with Gasteiger partial charge in [-0.1, -0.05) is 0 Å². The maximum atomic E-state index is 12.6. The first-order valence-electron chi connectivity index (χ1n) is 3.66. The monoisotopic (exact) mass is 253 g/mol. The first-order chi connectivity index (χ1) is 6.98. The molecule has 0 bridgehead atoms. The molecule has 16 heavy (non-hydrogen) atoms. The Morgan fingerprint density at radius 2 is 1.56 bits per heavy atom. The topological polar surface area (TPSA) is 43.1 Å². The van der Waals surface area contributed by atoms with Gasteiger partial charge in [0.2, 0.25) is 5.91 Å². The average Bonchev–Trinajstić information content (AvgIpc) is 2.14. The third kappa shape index (κ3) is 2.64. The van der Waals surface area contributed by atoms with Crippen molar-refractivity contribution in [1.82, 2.24) is 0 Å². The standard InChI is InChI=1S/C7H6F7NO/c8-3-6(11,12)7(13,14)5(9,10)2-1-4(15)16/h1-2H,3H2,(H2,15,16). The molecule has 0 unspecified atom stereocenters. The third-order valence-electron chi connectivity index (χ3n) is 1.50. The van der Waals surface area contributed by atoms with Crippen LogP contribution in [0.1, 0.15) is 0 Å². The fourth-order valence-corrected chi connectivity index (χ4v) is 0.619. The molecule has 0 saturated heterocycles. The lowest BCUT2D eigenvalue weighted by atomic mass is 10.1. The number of carbonyl (C=O) groups excluding carboxylic acids is 1. The second-order valence-electron chi connectivity index (χ2n) is 2.77.